The van der Waals surface area contributed by atoms with Crippen LogP contribution in [0.25, 0.3) is 5.57 Å². The van der Waals surface area contributed by atoms with Crippen molar-refractivity contribution in [3.05, 3.63) is 27.5 Å². The quantitative estimate of drug-likeness (QED) is 0.812. The summed E-state index contributed by atoms with van der Waals surface area (Å²) >= 11 is 0.903. The van der Waals surface area contributed by atoms with Crippen LogP contribution in [0.4, 0.5) is 26.3 Å². The molecule has 108 valence electrons. The molecule has 0 aliphatic heterocycles. The minimum atomic E-state index is -3.69. The van der Waals surface area contributed by atoms with Crippen LogP contribution in [-0.2, 0) is 6.61 Å². The zero-order chi connectivity index (χ0) is 14.7. The van der Waals surface area contributed by atoms with Crippen molar-refractivity contribution in [1.82, 2.24) is 0 Å². The molecule has 2 atom stereocenters. The summed E-state index contributed by atoms with van der Waals surface area (Å²) in [5, 5.41) is 8.85. The second-order valence-electron chi connectivity index (χ2n) is 3.70. The van der Waals surface area contributed by atoms with Crippen LogP contribution < -0.4 is 0 Å². The van der Waals surface area contributed by atoms with Gasteiger partial charge in [-0.05, 0) is 13.0 Å². The fraction of sp³-hybridized carbons (Fsp3) is 0.455. The van der Waals surface area contributed by atoms with Crippen LogP contribution >= 0.6 is 11.3 Å². The molecule has 0 saturated carbocycles. The van der Waals surface area contributed by atoms with Crippen LogP contribution in [0, 0.1) is 6.92 Å². The minimum Gasteiger partial charge on any atom is -0.391 e. The number of aliphatic hydroxyl groups excluding tert-OH is 1. The molecule has 1 aromatic heterocycles. The van der Waals surface area contributed by atoms with Crippen molar-refractivity contribution in [1.29, 1.82) is 0 Å². The van der Waals surface area contributed by atoms with Crippen LogP contribution in [0.15, 0.2) is 12.1 Å². The van der Waals surface area contributed by atoms with Gasteiger partial charge >= 0.3 is 0 Å². The Morgan fingerprint density at radius 1 is 1.26 bits per heavy atom. The normalized spacial score (nSPS) is 14.6. The molecule has 0 bridgehead atoms. The first-order valence-electron chi connectivity index (χ1n) is 5.11. The predicted molar refractivity (Wildman–Crippen MR) is 59.9 cm³/mol. The maximum absolute atomic E-state index is 13.5. The van der Waals surface area contributed by atoms with Crippen molar-refractivity contribution in [2.24, 2.45) is 0 Å². The van der Waals surface area contributed by atoms with Gasteiger partial charge in [-0.2, -0.15) is 8.78 Å². The fourth-order valence-corrected chi connectivity index (χ4v) is 2.44. The Kier molecular flexibility index (Phi) is 5.42. The van der Waals surface area contributed by atoms with Crippen LogP contribution in [0.5, 0.6) is 0 Å². The molecular formula is C11H10F6OS. The molecule has 19 heavy (non-hydrogen) atoms. The van der Waals surface area contributed by atoms with E-state index in [0.29, 0.717) is 0 Å². The van der Waals surface area contributed by atoms with Crippen LogP contribution in [0.2, 0.25) is 0 Å². The van der Waals surface area contributed by atoms with E-state index in [0.717, 1.165) is 17.4 Å². The average molecular weight is 304 g/mol. The van der Waals surface area contributed by atoms with Gasteiger partial charge < -0.3 is 5.11 Å². The summed E-state index contributed by atoms with van der Waals surface area (Å²) in [6, 6.07) is 1.04. The molecule has 1 nitrogen and oxygen atoms in total. The number of rotatable bonds is 5. The zero-order valence-corrected chi connectivity index (χ0v) is 10.5. The Labute approximate surface area is 109 Å². The molecule has 0 aliphatic carbocycles. The SMILES string of the molecule is Cc1sc(CO)cc1C(=C(F)F)C(F)C(F)C(F)F. The molecule has 0 fully saturated rings. The first-order valence-corrected chi connectivity index (χ1v) is 5.93. The molecule has 1 aromatic rings. The van der Waals surface area contributed by atoms with Crippen molar-refractivity contribution in [3.63, 3.8) is 0 Å². The van der Waals surface area contributed by atoms with E-state index in [1.807, 2.05) is 0 Å². The summed E-state index contributed by atoms with van der Waals surface area (Å²) in [6.07, 6.45) is -12.7. The highest BCUT2D eigenvalue weighted by Crippen LogP contribution is 2.36. The van der Waals surface area contributed by atoms with Crippen molar-refractivity contribution in [3.8, 4) is 0 Å². The lowest BCUT2D eigenvalue weighted by Crippen LogP contribution is -2.26. The summed E-state index contributed by atoms with van der Waals surface area (Å²) in [4.78, 5) is 0.446. The van der Waals surface area contributed by atoms with Gasteiger partial charge in [0, 0.05) is 15.3 Å². The zero-order valence-electron chi connectivity index (χ0n) is 9.64. The molecule has 1 N–H and O–H groups in total. The predicted octanol–water partition coefficient (Wildman–Crippen LogP) is 4.10. The molecule has 1 rings (SSSR count). The topological polar surface area (TPSA) is 20.2 Å². The first kappa shape index (κ1) is 16.0. The van der Waals surface area contributed by atoms with E-state index in [4.69, 9.17) is 5.11 Å². The summed E-state index contributed by atoms with van der Waals surface area (Å²) in [6.45, 7) is 0.891. The van der Waals surface area contributed by atoms with E-state index in [-0.39, 0.29) is 15.3 Å². The molecule has 0 spiro atoms. The maximum Gasteiger partial charge on any atom is 0.277 e. The van der Waals surface area contributed by atoms with Crippen molar-refractivity contribution < 1.29 is 31.4 Å². The van der Waals surface area contributed by atoms with Gasteiger partial charge in [0.05, 0.1) is 12.2 Å². The maximum atomic E-state index is 13.5. The number of alkyl halides is 4. The molecule has 0 aromatic carbocycles. The fourth-order valence-electron chi connectivity index (χ4n) is 1.53. The van der Waals surface area contributed by atoms with Gasteiger partial charge in [0.1, 0.15) is 0 Å². The highest BCUT2D eigenvalue weighted by atomic mass is 32.1. The average Bonchev–Trinajstić information content (AvgIpc) is 2.69. The molecule has 8 heteroatoms. The van der Waals surface area contributed by atoms with E-state index in [9.17, 15) is 26.3 Å². The smallest absolute Gasteiger partial charge is 0.277 e. The van der Waals surface area contributed by atoms with Gasteiger partial charge in [-0.25, -0.2) is 17.6 Å². The first-order chi connectivity index (χ1) is 8.79. The molecule has 0 radical (unpaired) electrons. The Bertz CT molecular complexity index is 466. The number of thiophene rings is 1. The van der Waals surface area contributed by atoms with Crippen molar-refractivity contribution >= 4 is 16.9 Å². The van der Waals surface area contributed by atoms with Gasteiger partial charge in [-0.1, -0.05) is 0 Å². The van der Waals surface area contributed by atoms with Crippen molar-refractivity contribution in [2.75, 3.05) is 0 Å². The number of halogens is 6. The Morgan fingerprint density at radius 2 is 1.84 bits per heavy atom. The van der Waals surface area contributed by atoms with E-state index in [1.54, 1.807) is 0 Å². The minimum absolute atomic E-state index is 0.191. The van der Waals surface area contributed by atoms with Crippen molar-refractivity contribution in [2.45, 2.75) is 32.3 Å². The number of aliphatic hydroxyl groups is 1. The lowest BCUT2D eigenvalue weighted by atomic mass is 10.00. The number of allylic oxidation sites excluding steroid dienone is 1. The molecule has 2 unspecified atom stereocenters. The summed E-state index contributed by atoms with van der Waals surface area (Å²) in [7, 11) is 0. The van der Waals surface area contributed by atoms with E-state index in [2.05, 4.69) is 0 Å². The number of aryl methyl sites for hydroxylation is 1. The van der Waals surface area contributed by atoms with Crippen LogP contribution in [0.3, 0.4) is 0 Å². The molecule has 1 heterocycles. The Balaban J connectivity index is 3.23. The standard InChI is InChI=1S/C11H10F6OS/c1-4-6(2-5(3-18)19-4)7(10(14)15)8(12)9(13)11(16)17/h2,8-9,11,18H,3H2,1H3. The lowest BCUT2D eigenvalue weighted by molar-refractivity contribution is 0.0190. The highest BCUT2D eigenvalue weighted by Gasteiger charge is 2.36. The lowest BCUT2D eigenvalue weighted by Gasteiger charge is -2.15. The molecule has 0 amide bonds. The van der Waals surface area contributed by atoms with E-state index in [1.165, 1.54) is 6.92 Å². The Morgan fingerprint density at radius 3 is 2.21 bits per heavy atom. The summed E-state index contributed by atoms with van der Waals surface area (Å²) < 4.78 is 76.0. The third kappa shape index (κ3) is 3.50. The third-order valence-electron chi connectivity index (χ3n) is 2.41. The second kappa shape index (κ2) is 6.42. The monoisotopic (exact) mass is 304 g/mol. The Hall–Kier alpha value is -1.02. The number of hydrogen-bond acceptors (Lipinski definition) is 2. The van der Waals surface area contributed by atoms with Gasteiger partial charge in [0.15, 0.2) is 12.3 Å². The van der Waals surface area contributed by atoms with E-state index < -0.39 is 37.0 Å². The van der Waals surface area contributed by atoms with Gasteiger partial charge in [-0.3, -0.25) is 0 Å². The van der Waals surface area contributed by atoms with Crippen LogP contribution in [-0.4, -0.2) is 23.9 Å². The summed E-state index contributed by atoms with van der Waals surface area (Å²) in [5.41, 5.74) is -1.74. The van der Waals surface area contributed by atoms with Gasteiger partial charge in [0.25, 0.3) is 12.5 Å². The second-order valence-corrected chi connectivity index (χ2v) is 5.04. The molecule has 0 saturated heterocycles. The molecule has 0 aliphatic rings. The third-order valence-corrected chi connectivity index (χ3v) is 3.45. The van der Waals surface area contributed by atoms with Crippen LogP contribution in [0.1, 0.15) is 15.3 Å². The van der Waals surface area contributed by atoms with Gasteiger partial charge in [-0.15, -0.1) is 11.3 Å². The largest absolute Gasteiger partial charge is 0.391 e. The number of hydrogen-bond donors (Lipinski definition) is 1. The molecular weight excluding hydrogens is 294 g/mol. The van der Waals surface area contributed by atoms with Gasteiger partial charge in [0.2, 0.25) is 0 Å². The summed E-state index contributed by atoms with van der Waals surface area (Å²) in [5.74, 6) is 0. The van der Waals surface area contributed by atoms with E-state index >= 15 is 0 Å². The highest BCUT2D eigenvalue weighted by molar-refractivity contribution is 7.12.